The van der Waals surface area contributed by atoms with E-state index in [4.69, 9.17) is 0 Å². The Balaban J connectivity index is 1.30. The second-order valence-corrected chi connectivity index (χ2v) is 9.93. The van der Waals surface area contributed by atoms with Gasteiger partial charge >= 0.3 is 0 Å². The Bertz CT molecular complexity index is 1600. The van der Waals surface area contributed by atoms with Gasteiger partial charge in [-0.15, -0.1) is 0 Å². The zero-order chi connectivity index (χ0) is 23.6. The molecule has 0 bridgehead atoms. The van der Waals surface area contributed by atoms with E-state index in [1.165, 1.54) is 53.3 Å². The minimum Gasteiger partial charge on any atom is -0.264 e. The maximum atomic E-state index is 4.23. The Hall–Kier alpha value is -3.76. The summed E-state index contributed by atoms with van der Waals surface area (Å²) < 4.78 is 1.25. The van der Waals surface area contributed by atoms with Gasteiger partial charge in [0.1, 0.15) is 0 Å². The molecule has 1 aromatic heterocycles. The first-order valence-electron chi connectivity index (χ1n) is 11.6. The Morgan fingerprint density at radius 1 is 0.400 bits per heavy atom. The maximum Gasteiger partial charge on any atom is 0.0346 e. The lowest BCUT2D eigenvalue weighted by Crippen LogP contribution is -1.84. The zero-order valence-corrected chi connectivity index (χ0v) is 21.2. The van der Waals surface area contributed by atoms with Crippen LogP contribution < -0.4 is 0 Å². The maximum absolute atomic E-state index is 4.23. The number of hydrogen-bond acceptors (Lipinski definition) is 1. The molecule has 0 spiro atoms. The van der Waals surface area contributed by atoms with Crippen molar-refractivity contribution < 1.29 is 0 Å². The summed E-state index contributed by atoms with van der Waals surface area (Å²) in [5.74, 6) is 0. The lowest BCUT2D eigenvalue weighted by Gasteiger charge is -2.09. The fourth-order valence-electron chi connectivity index (χ4n) is 4.49. The fraction of sp³-hybridized carbons (Fsp3) is 0. The Labute approximate surface area is 219 Å². The van der Waals surface area contributed by atoms with Gasteiger partial charge in [-0.3, -0.25) is 4.98 Å². The van der Waals surface area contributed by atoms with Crippen molar-refractivity contribution in [1.29, 1.82) is 0 Å². The number of pyridine rings is 1. The summed E-state index contributed by atoms with van der Waals surface area (Å²) >= 11 is 2.34. The van der Waals surface area contributed by atoms with Crippen molar-refractivity contribution in [2.45, 2.75) is 0 Å². The van der Waals surface area contributed by atoms with Crippen LogP contribution in [0.3, 0.4) is 0 Å². The van der Waals surface area contributed by atoms with Crippen molar-refractivity contribution in [3.8, 4) is 44.5 Å². The standard InChI is InChI=1S/C33H22IN/c34-33-17-15-24(16-18-33)23-3-5-25(6-4-23)29-13-11-28-12-14-30(21-32(28)20-29)26-7-9-27(10-8-26)31-2-1-19-35-22-31/h1-22H. The highest BCUT2D eigenvalue weighted by molar-refractivity contribution is 14.1. The summed E-state index contributed by atoms with van der Waals surface area (Å²) in [4.78, 5) is 4.23. The van der Waals surface area contributed by atoms with Crippen LogP contribution in [0.4, 0.5) is 0 Å². The van der Waals surface area contributed by atoms with E-state index in [0.29, 0.717) is 0 Å². The van der Waals surface area contributed by atoms with Crippen molar-refractivity contribution in [2.75, 3.05) is 0 Å². The molecule has 0 aliphatic carbocycles. The molecule has 0 saturated heterocycles. The third-order valence-electron chi connectivity index (χ3n) is 6.45. The van der Waals surface area contributed by atoms with Crippen LogP contribution in [-0.2, 0) is 0 Å². The first-order valence-corrected chi connectivity index (χ1v) is 12.7. The lowest BCUT2D eigenvalue weighted by molar-refractivity contribution is 1.33. The van der Waals surface area contributed by atoms with Crippen molar-refractivity contribution >= 4 is 33.4 Å². The third kappa shape index (κ3) is 4.62. The third-order valence-corrected chi connectivity index (χ3v) is 7.17. The molecule has 1 nitrogen and oxygen atoms in total. The van der Waals surface area contributed by atoms with Crippen LogP contribution in [0.1, 0.15) is 0 Å². The monoisotopic (exact) mass is 559 g/mol. The van der Waals surface area contributed by atoms with Crippen molar-refractivity contribution in [1.82, 2.24) is 4.98 Å². The molecule has 0 atom stereocenters. The van der Waals surface area contributed by atoms with E-state index in [1.807, 2.05) is 12.3 Å². The van der Waals surface area contributed by atoms with Crippen molar-refractivity contribution in [2.24, 2.45) is 0 Å². The van der Waals surface area contributed by atoms with Crippen LogP contribution in [0.25, 0.3) is 55.3 Å². The molecule has 0 amide bonds. The average molecular weight is 559 g/mol. The molecular weight excluding hydrogens is 537 g/mol. The van der Waals surface area contributed by atoms with Crippen molar-refractivity contribution in [3.05, 3.63) is 137 Å². The summed E-state index contributed by atoms with van der Waals surface area (Å²) in [5.41, 5.74) is 9.70. The molecule has 0 fully saturated rings. The Morgan fingerprint density at radius 2 is 0.829 bits per heavy atom. The highest BCUT2D eigenvalue weighted by Crippen LogP contribution is 2.31. The highest BCUT2D eigenvalue weighted by Gasteiger charge is 2.05. The SMILES string of the molecule is Ic1ccc(-c2ccc(-c3ccc4ccc(-c5ccc(-c6cccnc6)cc5)cc4c3)cc2)cc1. The lowest BCUT2D eigenvalue weighted by atomic mass is 9.96. The van der Waals surface area contributed by atoms with Gasteiger partial charge < -0.3 is 0 Å². The molecule has 0 aliphatic rings. The zero-order valence-electron chi connectivity index (χ0n) is 19.0. The number of benzene rings is 5. The molecule has 166 valence electrons. The van der Waals surface area contributed by atoms with Crippen LogP contribution in [-0.4, -0.2) is 4.98 Å². The van der Waals surface area contributed by atoms with Crippen LogP contribution in [0.2, 0.25) is 0 Å². The van der Waals surface area contributed by atoms with E-state index >= 15 is 0 Å². The summed E-state index contributed by atoms with van der Waals surface area (Å²) in [5, 5.41) is 2.50. The van der Waals surface area contributed by atoms with Crippen LogP contribution in [0.5, 0.6) is 0 Å². The number of fused-ring (bicyclic) bond motifs is 1. The number of halogens is 1. The molecule has 0 radical (unpaired) electrons. The Morgan fingerprint density at radius 3 is 1.31 bits per heavy atom. The quantitative estimate of drug-likeness (QED) is 0.196. The number of hydrogen-bond donors (Lipinski definition) is 0. The first-order chi connectivity index (χ1) is 17.2. The molecule has 35 heavy (non-hydrogen) atoms. The molecule has 6 rings (SSSR count). The summed E-state index contributed by atoms with van der Waals surface area (Å²) in [6.07, 6.45) is 3.71. The van der Waals surface area contributed by atoms with Gasteiger partial charge in [0.15, 0.2) is 0 Å². The predicted octanol–water partition coefficient (Wildman–Crippen LogP) is 9.51. The van der Waals surface area contributed by atoms with Gasteiger partial charge in [0, 0.05) is 16.0 Å². The number of aromatic nitrogens is 1. The molecule has 0 unspecified atom stereocenters. The van der Waals surface area contributed by atoms with E-state index < -0.39 is 0 Å². The van der Waals surface area contributed by atoms with E-state index in [2.05, 4.69) is 143 Å². The van der Waals surface area contributed by atoms with Crippen LogP contribution in [0, 0.1) is 3.57 Å². The first kappa shape index (κ1) is 21.8. The molecule has 0 saturated carbocycles. The normalized spacial score (nSPS) is 11.0. The summed E-state index contributed by atoms with van der Waals surface area (Å²) in [7, 11) is 0. The van der Waals surface area contributed by atoms with Gasteiger partial charge in [-0.25, -0.2) is 0 Å². The molecule has 6 aromatic rings. The minimum atomic E-state index is 1.13. The van der Waals surface area contributed by atoms with Crippen LogP contribution >= 0.6 is 22.6 Å². The molecular formula is C33H22IN. The van der Waals surface area contributed by atoms with E-state index in [1.54, 1.807) is 6.20 Å². The number of rotatable bonds is 4. The second-order valence-electron chi connectivity index (χ2n) is 8.68. The Kier molecular flexibility index (Phi) is 5.89. The van der Waals surface area contributed by atoms with Crippen LogP contribution in [0.15, 0.2) is 134 Å². The second kappa shape index (κ2) is 9.47. The smallest absolute Gasteiger partial charge is 0.0346 e. The van der Waals surface area contributed by atoms with E-state index in [0.717, 1.165) is 5.56 Å². The molecule has 0 N–H and O–H groups in total. The summed E-state index contributed by atoms with van der Waals surface area (Å²) in [6, 6.07) is 43.7. The topological polar surface area (TPSA) is 12.9 Å². The number of nitrogens with zero attached hydrogens (tertiary/aromatic N) is 1. The largest absolute Gasteiger partial charge is 0.264 e. The van der Waals surface area contributed by atoms with Gasteiger partial charge in [0.2, 0.25) is 0 Å². The van der Waals surface area contributed by atoms with E-state index in [-0.39, 0.29) is 0 Å². The molecule has 0 aliphatic heterocycles. The van der Waals surface area contributed by atoms with Gasteiger partial charge in [-0.2, -0.15) is 0 Å². The average Bonchev–Trinajstić information content (AvgIpc) is 2.93. The van der Waals surface area contributed by atoms with Gasteiger partial charge in [0.05, 0.1) is 0 Å². The van der Waals surface area contributed by atoms with Gasteiger partial charge in [-0.05, 0) is 108 Å². The van der Waals surface area contributed by atoms with Gasteiger partial charge in [-0.1, -0.05) is 91.0 Å². The summed E-state index contributed by atoms with van der Waals surface area (Å²) in [6.45, 7) is 0. The molecule has 5 aromatic carbocycles. The highest BCUT2D eigenvalue weighted by atomic mass is 127. The molecule has 2 heteroatoms. The minimum absolute atomic E-state index is 1.13. The van der Waals surface area contributed by atoms with E-state index in [9.17, 15) is 0 Å². The fourth-order valence-corrected chi connectivity index (χ4v) is 4.85. The predicted molar refractivity (Wildman–Crippen MR) is 156 cm³/mol. The van der Waals surface area contributed by atoms with Gasteiger partial charge in [0.25, 0.3) is 0 Å². The van der Waals surface area contributed by atoms with Crippen molar-refractivity contribution in [3.63, 3.8) is 0 Å². The molecule has 1 heterocycles.